The fourth-order valence-corrected chi connectivity index (χ4v) is 2.69. The molecule has 5 nitrogen and oxygen atoms in total. The number of hydrogen-bond donors (Lipinski definition) is 2. The summed E-state index contributed by atoms with van der Waals surface area (Å²) in [6.07, 6.45) is 1.41. The lowest BCUT2D eigenvalue weighted by Crippen LogP contribution is -2.53. The highest BCUT2D eigenvalue weighted by molar-refractivity contribution is 5.85. The molecule has 0 aromatic heterocycles. The normalized spacial score (nSPS) is 16.6. The van der Waals surface area contributed by atoms with Gasteiger partial charge < -0.3 is 20.1 Å². The van der Waals surface area contributed by atoms with Crippen LogP contribution >= 0.6 is 12.4 Å². The molecule has 1 aliphatic heterocycles. The first kappa shape index (κ1) is 18.9. The van der Waals surface area contributed by atoms with Gasteiger partial charge in [-0.05, 0) is 37.1 Å². The molecule has 124 valence electrons. The molecule has 2 N–H and O–H groups in total. The van der Waals surface area contributed by atoms with Crippen molar-refractivity contribution in [2.45, 2.75) is 31.6 Å². The summed E-state index contributed by atoms with van der Waals surface area (Å²) in [6, 6.07) is 8.04. The van der Waals surface area contributed by atoms with E-state index in [4.69, 9.17) is 9.47 Å². The summed E-state index contributed by atoms with van der Waals surface area (Å²) in [5, 5.41) is 6.25. The maximum atomic E-state index is 12.4. The van der Waals surface area contributed by atoms with Gasteiger partial charge in [0.2, 0.25) is 0 Å². The van der Waals surface area contributed by atoms with E-state index in [1.165, 1.54) is 0 Å². The molecule has 1 heterocycles. The Morgan fingerprint density at radius 2 is 1.95 bits per heavy atom. The third-order valence-corrected chi connectivity index (χ3v) is 3.97. The van der Waals surface area contributed by atoms with E-state index in [2.05, 4.69) is 10.6 Å². The van der Waals surface area contributed by atoms with Crippen LogP contribution in [0, 0.1) is 0 Å². The zero-order valence-corrected chi connectivity index (χ0v) is 14.0. The number of piperidine rings is 1. The highest BCUT2D eigenvalue weighted by Crippen LogP contribution is 2.22. The second kappa shape index (κ2) is 9.10. The van der Waals surface area contributed by atoms with Crippen molar-refractivity contribution in [2.24, 2.45) is 0 Å². The number of carbonyl (C=O) groups excluding carboxylic acids is 1. The molecule has 1 aromatic carbocycles. The summed E-state index contributed by atoms with van der Waals surface area (Å²) in [7, 11) is 3.29. The van der Waals surface area contributed by atoms with Crippen molar-refractivity contribution in [3.8, 4) is 0 Å². The van der Waals surface area contributed by atoms with Gasteiger partial charge in [-0.15, -0.1) is 12.4 Å². The molecular weight excluding hydrogens is 304 g/mol. The Morgan fingerprint density at radius 1 is 1.27 bits per heavy atom. The standard InChI is InChI=1S/C16H24N2O3.ClH/c1-20-12-14-5-3-4-13(10-14)11-18-15(19)16(21-2)6-8-17-9-7-16;/h3-5,10,17H,6-9,11-12H2,1-2H3,(H,18,19);1H. The van der Waals surface area contributed by atoms with Gasteiger partial charge in [0.05, 0.1) is 6.61 Å². The first-order valence-corrected chi connectivity index (χ1v) is 7.31. The SMILES string of the molecule is COCc1cccc(CNC(=O)C2(OC)CCNCC2)c1.Cl. The second-order valence-corrected chi connectivity index (χ2v) is 5.38. The number of nitrogens with one attached hydrogen (secondary N) is 2. The van der Waals surface area contributed by atoms with Crippen molar-refractivity contribution < 1.29 is 14.3 Å². The predicted molar refractivity (Wildman–Crippen MR) is 88.1 cm³/mol. The molecule has 0 saturated carbocycles. The van der Waals surface area contributed by atoms with Crippen molar-refractivity contribution in [1.82, 2.24) is 10.6 Å². The number of amides is 1. The van der Waals surface area contributed by atoms with E-state index >= 15 is 0 Å². The molecule has 1 fully saturated rings. The van der Waals surface area contributed by atoms with Gasteiger partial charge in [-0.25, -0.2) is 0 Å². The average molecular weight is 329 g/mol. The van der Waals surface area contributed by atoms with Crippen LogP contribution in [-0.2, 0) is 27.4 Å². The minimum absolute atomic E-state index is 0. The molecular formula is C16H25ClN2O3. The van der Waals surface area contributed by atoms with Crippen LogP contribution in [0.25, 0.3) is 0 Å². The predicted octanol–water partition coefficient (Wildman–Crippen LogP) is 1.64. The molecule has 0 radical (unpaired) electrons. The first-order valence-electron chi connectivity index (χ1n) is 7.31. The Balaban J connectivity index is 0.00000242. The molecule has 0 atom stereocenters. The van der Waals surface area contributed by atoms with E-state index in [1.807, 2.05) is 24.3 Å². The van der Waals surface area contributed by atoms with Crippen molar-refractivity contribution >= 4 is 18.3 Å². The van der Waals surface area contributed by atoms with Crippen LogP contribution in [0.2, 0.25) is 0 Å². The maximum Gasteiger partial charge on any atom is 0.252 e. The molecule has 0 spiro atoms. The Bertz CT molecular complexity index is 476. The van der Waals surface area contributed by atoms with Crippen LogP contribution in [0.1, 0.15) is 24.0 Å². The van der Waals surface area contributed by atoms with E-state index in [0.717, 1.165) is 24.2 Å². The third kappa shape index (κ3) is 4.68. The molecule has 1 amide bonds. The molecule has 6 heteroatoms. The maximum absolute atomic E-state index is 12.4. The summed E-state index contributed by atoms with van der Waals surface area (Å²) in [5.74, 6) is -0.0244. The number of rotatable bonds is 6. The smallest absolute Gasteiger partial charge is 0.252 e. The molecule has 1 aliphatic rings. The summed E-state index contributed by atoms with van der Waals surface area (Å²) in [4.78, 5) is 12.4. The van der Waals surface area contributed by atoms with Crippen LogP contribution in [0.15, 0.2) is 24.3 Å². The van der Waals surface area contributed by atoms with Crippen molar-refractivity contribution in [3.05, 3.63) is 35.4 Å². The lowest BCUT2D eigenvalue weighted by atomic mass is 9.91. The van der Waals surface area contributed by atoms with Gasteiger partial charge in [0.25, 0.3) is 5.91 Å². The first-order chi connectivity index (χ1) is 10.2. The molecule has 0 aliphatic carbocycles. The largest absolute Gasteiger partial charge is 0.380 e. The van der Waals surface area contributed by atoms with Gasteiger partial charge in [-0.2, -0.15) is 0 Å². The Hall–Kier alpha value is -1.14. The number of carbonyl (C=O) groups is 1. The van der Waals surface area contributed by atoms with Gasteiger partial charge in [0.15, 0.2) is 0 Å². The number of halogens is 1. The average Bonchev–Trinajstić information content (AvgIpc) is 2.54. The van der Waals surface area contributed by atoms with E-state index in [9.17, 15) is 4.79 Å². The van der Waals surface area contributed by atoms with Crippen molar-refractivity contribution in [2.75, 3.05) is 27.3 Å². The minimum Gasteiger partial charge on any atom is -0.380 e. The van der Waals surface area contributed by atoms with Gasteiger partial charge in [0.1, 0.15) is 5.60 Å². The fourth-order valence-electron chi connectivity index (χ4n) is 2.69. The molecule has 1 aromatic rings. The van der Waals surface area contributed by atoms with Gasteiger partial charge in [0, 0.05) is 20.8 Å². The summed E-state index contributed by atoms with van der Waals surface area (Å²) >= 11 is 0. The van der Waals surface area contributed by atoms with Crippen LogP contribution in [0.5, 0.6) is 0 Å². The van der Waals surface area contributed by atoms with E-state index < -0.39 is 5.60 Å². The number of methoxy groups -OCH3 is 2. The topological polar surface area (TPSA) is 59.6 Å². The minimum atomic E-state index is -0.685. The quantitative estimate of drug-likeness (QED) is 0.833. The highest BCUT2D eigenvalue weighted by Gasteiger charge is 2.39. The fraction of sp³-hybridized carbons (Fsp3) is 0.562. The van der Waals surface area contributed by atoms with Gasteiger partial charge in [-0.1, -0.05) is 24.3 Å². The molecule has 22 heavy (non-hydrogen) atoms. The zero-order valence-electron chi connectivity index (χ0n) is 13.2. The van der Waals surface area contributed by atoms with E-state index in [1.54, 1.807) is 14.2 Å². The number of hydrogen-bond acceptors (Lipinski definition) is 4. The Labute approximate surface area is 138 Å². The number of ether oxygens (including phenoxy) is 2. The van der Waals surface area contributed by atoms with E-state index in [-0.39, 0.29) is 18.3 Å². The second-order valence-electron chi connectivity index (χ2n) is 5.38. The molecule has 1 saturated heterocycles. The van der Waals surface area contributed by atoms with Gasteiger partial charge in [-0.3, -0.25) is 4.79 Å². The van der Waals surface area contributed by atoms with Crippen LogP contribution in [-0.4, -0.2) is 38.8 Å². The Morgan fingerprint density at radius 3 is 2.59 bits per heavy atom. The zero-order chi connectivity index (χ0) is 15.1. The number of benzene rings is 1. The van der Waals surface area contributed by atoms with Crippen LogP contribution in [0.3, 0.4) is 0 Å². The molecule has 0 bridgehead atoms. The summed E-state index contributed by atoms with van der Waals surface area (Å²) in [6.45, 7) is 2.71. The van der Waals surface area contributed by atoms with Crippen molar-refractivity contribution in [3.63, 3.8) is 0 Å². The van der Waals surface area contributed by atoms with Crippen LogP contribution < -0.4 is 10.6 Å². The third-order valence-electron chi connectivity index (χ3n) is 3.97. The summed E-state index contributed by atoms with van der Waals surface area (Å²) < 4.78 is 10.6. The molecule has 2 rings (SSSR count). The molecule has 0 unspecified atom stereocenters. The summed E-state index contributed by atoms with van der Waals surface area (Å²) in [5.41, 5.74) is 1.49. The highest BCUT2D eigenvalue weighted by atomic mass is 35.5. The lowest BCUT2D eigenvalue weighted by molar-refractivity contribution is -0.146. The monoisotopic (exact) mass is 328 g/mol. The lowest BCUT2D eigenvalue weighted by Gasteiger charge is -2.34. The van der Waals surface area contributed by atoms with Gasteiger partial charge >= 0.3 is 0 Å². The van der Waals surface area contributed by atoms with Crippen molar-refractivity contribution in [1.29, 1.82) is 0 Å². The van der Waals surface area contributed by atoms with Crippen LogP contribution in [0.4, 0.5) is 0 Å². The Kier molecular flexibility index (Phi) is 7.82. The van der Waals surface area contributed by atoms with E-state index in [0.29, 0.717) is 26.0 Å².